The van der Waals surface area contributed by atoms with E-state index in [0.717, 1.165) is 18.7 Å². The van der Waals surface area contributed by atoms with Gasteiger partial charge in [0, 0.05) is 17.3 Å². The normalized spacial score (nSPS) is 10.4. The van der Waals surface area contributed by atoms with Crippen molar-refractivity contribution in [1.29, 1.82) is 0 Å². The lowest BCUT2D eigenvalue weighted by Gasteiger charge is -2.12. The van der Waals surface area contributed by atoms with Gasteiger partial charge in [0.05, 0.1) is 10.0 Å². The predicted octanol–water partition coefficient (Wildman–Crippen LogP) is 5.61. The second-order valence-electron chi connectivity index (χ2n) is 4.21. The lowest BCUT2D eigenvalue weighted by Crippen LogP contribution is -2.04. The third-order valence-electron chi connectivity index (χ3n) is 2.56. The topological polar surface area (TPSA) is 37.0 Å². The molecule has 6 heteroatoms. The van der Waals surface area contributed by atoms with Crippen LogP contribution in [0.1, 0.15) is 13.3 Å². The number of halogens is 3. The van der Waals surface area contributed by atoms with Crippen molar-refractivity contribution >= 4 is 52.1 Å². The highest BCUT2D eigenvalue weighted by molar-refractivity contribution is 6.37. The quantitative estimate of drug-likeness (QED) is 0.748. The fraction of sp³-hybridized carbons (Fsp3) is 0.214. The summed E-state index contributed by atoms with van der Waals surface area (Å²) in [7, 11) is 0. The highest BCUT2D eigenvalue weighted by Crippen LogP contribution is 2.31. The fourth-order valence-electron chi connectivity index (χ4n) is 1.62. The monoisotopic (exact) mass is 329 g/mol. The predicted molar refractivity (Wildman–Crippen MR) is 87.8 cm³/mol. The Morgan fingerprint density at radius 2 is 1.80 bits per heavy atom. The van der Waals surface area contributed by atoms with E-state index in [1.165, 1.54) is 0 Å². The Kier molecular flexibility index (Phi) is 5.35. The molecule has 0 saturated heterocycles. The first-order chi connectivity index (χ1) is 9.60. The SMILES string of the molecule is CCCNc1nc(Nc2cccc(Cl)c2)c(Cl)cc1Cl. The van der Waals surface area contributed by atoms with E-state index in [0.29, 0.717) is 26.7 Å². The van der Waals surface area contributed by atoms with Gasteiger partial charge in [-0.15, -0.1) is 0 Å². The highest BCUT2D eigenvalue weighted by Gasteiger charge is 2.09. The van der Waals surface area contributed by atoms with E-state index in [9.17, 15) is 0 Å². The molecule has 20 heavy (non-hydrogen) atoms. The van der Waals surface area contributed by atoms with E-state index in [2.05, 4.69) is 22.5 Å². The number of rotatable bonds is 5. The number of anilines is 3. The minimum absolute atomic E-state index is 0.456. The van der Waals surface area contributed by atoms with Crippen molar-refractivity contribution in [2.45, 2.75) is 13.3 Å². The second kappa shape index (κ2) is 7.02. The molecule has 0 bridgehead atoms. The van der Waals surface area contributed by atoms with Crippen LogP contribution in [-0.4, -0.2) is 11.5 Å². The Bertz CT molecular complexity index is 602. The third kappa shape index (κ3) is 3.92. The average Bonchev–Trinajstić information content (AvgIpc) is 2.40. The molecule has 0 unspecified atom stereocenters. The van der Waals surface area contributed by atoms with Crippen LogP contribution in [0.2, 0.25) is 15.1 Å². The smallest absolute Gasteiger partial charge is 0.151 e. The summed E-state index contributed by atoms with van der Waals surface area (Å²) >= 11 is 18.2. The summed E-state index contributed by atoms with van der Waals surface area (Å²) in [6, 6.07) is 9.01. The van der Waals surface area contributed by atoms with Gasteiger partial charge in [-0.05, 0) is 30.7 Å². The summed E-state index contributed by atoms with van der Waals surface area (Å²) < 4.78 is 0. The number of nitrogens with zero attached hydrogens (tertiary/aromatic N) is 1. The van der Waals surface area contributed by atoms with E-state index in [4.69, 9.17) is 34.8 Å². The zero-order chi connectivity index (χ0) is 14.5. The minimum atomic E-state index is 0.456. The molecule has 0 aliphatic heterocycles. The molecule has 3 nitrogen and oxygen atoms in total. The van der Waals surface area contributed by atoms with Crippen LogP contribution in [0.4, 0.5) is 17.3 Å². The molecule has 2 rings (SSSR count). The van der Waals surface area contributed by atoms with Crippen molar-refractivity contribution in [3.63, 3.8) is 0 Å². The maximum Gasteiger partial charge on any atom is 0.151 e. The lowest BCUT2D eigenvalue weighted by atomic mass is 10.3. The second-order valence-corrected chi connectivity index (χ2v) is 5.46. The van der Waals surface area contributed by atoms with Gasteiger partial charge >= 0.3 is 0 Å². The molecule has 1 aromatic heterocycles. The van der Waals surface area contributed by atoms with Gasteiger partial charge in [0.25, 0.3) is 0 Å². The van der Waals surface area contributed by atoms with E-state index in [1.807, 2.05) is 12.1 Å². The Morgan fingerprint density at radius 1 is 1.05 bits per heavy atom. The molecular weight excluding hydrogens is 317 g/mol. The largest absolute Gasteiger partial charge is 0.369 e. The molecule has 0 aliphatic carbocycles. The number of aromatic nitrogens is 1. The van der Waals surface area contributed by atoms with Gasteiger partial charge in [-0.1, -0.05) is 47.8 Å². The van der Waals surface area contributed by atoms with E-state index < -0.39 is 0 Å². The summed E-state index contributed by atoms with van der Waals surface area (Å²) in [5.74, 6) is 1.15. The molecule has 106 valence electrons. The minimum Gasteiger partial charge on any atom is -0.369 e. The van der Waals surface area contributed by atoms with Crippen LogP contribution in [0.25, 0.3) is 0 Å². The van der Waals surface area contributed by atoms with Gasteiger partial charge in [0.2, 0.25) is 0 Å². The van der Waals surface area contributed by atoms with Crippen LogP contribution in [0.15, 0.2) is 30.3 Å². The first-order valence-corrected chi connectivity index (χ1v) is 7.36. The van der Waals surface area contributed by atoms with Crippen LogP contribution >= 0.6 is 34.8 Å². The highest BCUT2D eigenvalue weighted by atomic mass is 35.5. The van der Waals surface area contributed by atoms with E-state index in [1.54, 1.807) is 18.2 Å². The summed E-state index contributed by atoms with van der Waals surface area (Å²) in [4.78, 5) is 4.41. The Labute approximate surface area is 133 Å². The Hall–Kier alpha value is -1.16. The van der Waals surface area contributed by atoms with Gasteiger partial charge in [-0.3, -0.25) is 0 Å². The number of hydrogen-bond acceptors (Lipinski definition) is 3. The van der Waals surface area contributed by atoms with Crippen LogP contribution in [0, 0.1) is 0 Å². The zero-order valence-corrected chi connectivity index (χ0v) is 13.1. The van der Waals surface area contributed by atoms with Crippen molar-refractivity contribution in [3.8, 4) is 0 Å². The summed E-state index contributed by atoms with van der Waals surface area (Å²) in [5.41, 5.74) is 0.815. The number of hydrogen-bond donors (Lipinski definition) is 2. The molecule has 0 amide bonds. The summed E-state index contributed by atoms with van der Waals surface area (Å²) in [5, 5.41) is 7.89. The zero-order valence-electron chi connectivity index (χ0n) is 10.9. The molecule has 0 fully saturated rings. The van der Waals surface area contributed by atoms with Gasteiger partial charge in [0.15, 0.2) is 5.82 Å². The van der Waals surface area contributed by atoms with Crippen LogP contribution in [0.5, 0.6) is 0 Å². The summed E-state index contributed by atoms with van der Waals surface area (Å²) in [6.07, 6.45) is 0.984. The molecule has 0 aliphatic rings. The molecule has 0 saturated carbocycles. The van der Waals surface area contributed by atoms with Gasteiger partial charge in [-0.25, -0.2) is 4.98 Å². The molecule has 2 N–H and O–H groups in total. The molecule has 1 aromatic carbocycles. The van der Waals surface area contributed by atoms with E-state index >= 15 is 0 Å². The van der Waals surface area contributed by atoms with Crippen molar-refractivity contribution < 1.29 is 0 Å². The molecule has 1 heterocycles. The number of nitrogens with one attached hydrogen (secondary N) is 2. The van der Waals surface area contributed by atoms with Crippen molar-refractivity contribution in [2.75, 3.05) is 17.2 Å². The Balaban J connectivity index is 2.26. The molecule has 0 atom stereocenters. The summed E-state index contributed by atoms with van der Waals surface area (Å²) in [6.45, 7) is 2.87. The fourth-order valence-corrected chi connectivity index (χ4v) is 2.29. The van der Waals surface area contributed by atoms with Crippen molar-refractivity contribution in [2.24, 2.45) is 0 Å². The molecular formula is C14H14Cl3N3. The maximum absolute atomic E-state index is 6.16. The van der Waals surface area contributed by atoms with Crippen LogP contribution < -0.4 is 10.6 Å². The number of pyridine rings is 1. The standard InChI is InChI=1S/C14H14Cl3N3/c1-2-6-18-13-11(16)8-12(17)14(20-13)19-10-5-3-4-9(15)7-10/h3-5,7-8H,2,6H2,1H3,(H2,18,19,20). The Morgan fingerprint density at radius 3 is 2.50 bits per heavy atom. The molecule has 2 aromatic rings. The lowest BCUT2D eigenvalue weighted by molar-refractivity contribution is 0.970. The van der Waals surface area contributed by atoms with Crippen LogP contribution in [0.3, 0.4) is 0 Å². The van der Waals surface area contributed by atoms with Crippen molar-refractivity contribution in [1.82, 2.24) is 4.98 Å². The van der Waals surface area contributed by atoms with Gasteiger partial charge in [0.1, 0.15) is 5.82 Å². The van der Waals surface area contributed by atoms with E-state index in [-0.39, 0.29) is 0 Å². The molecule has 0 radical (unpaired) electrons. The maximum atomic E-state index is 6.16. The van der Waals surface area contributed by atoms with Crippen molar-refractivity contribution in [3.05, 3.63) is 45.4 Å². The third-order valence-corrected chi connectivity index (χ3v) is 3.37. The van der Waals surface area contributed by atoms with Gasteiger partial charge < -0.3 is 10.6 Å². The average molecular weight is 331 g/mol. The first-order valence-electron chi connectivity index (χ1n) is 6.22. The first kappa shape index (κ1) is 15.2. The number of benzene rings is 1. The van der Waals surface area contributed by atoms with Gasteiger partial charge in [-0.2, -0.15) is 0 Å². The molecule has 0 spiro atoms. The van der Waals surface area contributed by atoms with Crippen LogP contribution in [-0.2, 0) is 0 Å².